The molecule has 5 rings (SSSR count). The number of esters is 1. The van der Waals surface area contributed by atoms with Gasteiger partial charge in [-0.2, -0.15) is 0 Å². The molecule has 4 aliphatic rings. The van der Waals surface area contributed by atoms with Gasteiger partial charge in [0.2, 0.25) is 0 Å². The van der Waals surface area contributed by atoms with E-state index in [1.165, 1.54) is 0 Å². The van der Waals surface area contributed by atoms with E-state index in [1.807, 2.05) is 18.2 Å². The van der Waals surface area contributed by atoms with Gasteiger partial charge in [0.05, 0.1) is 5.92 Å². The third kappa shape index (κ3) is 1.08. The Balaban J connectivity index is 1.89. The van der Waals surface area contributed by atoms with E-state index in [4.69, 9.17) is 4.74 Å². The molecule has 1 heterocycles. The number of benzene rings is 1. The highest BCUT2D eigenvalue weighted by Gasteiger charge is 2.61. The Hall–Kier alpha value is -1.57. The lowest BCUT2D eigenvalue weighted by atomic mass is 9.61. The van der Waals surface area contributed by atoms with Crippen LogP contribution < -0.4 is 0 Å². The summed E-state index contributed by atoms with van der Waals surface area (Å²) in [5.41, 5.74) is 0.802. The summed E-state index contributed by atoms with van der Waals surface area (Å²) in [4.78, 5) is 12.0. The van der Waals surface area contributed by atoms with E-state index < -0.39 is 0 Å². The van der Waals surface area contributed by atoms with E-state index in [0.717, 1.165) is 18.4 Å². The topological polar surface area (TPSA) is 26.3 Å². The van der Waals surface area contributed by atoms with Gasteiger partial charge in [0, 0.05) is 5.92 Å². The second kappa shape index (κ2) is 3.00. The van der Waals surface area contributed by atoms with Crippen molar-refractivity contribution in [2.75, 3.05) is 0 Å². The first-order chi connectivity index (χ1) is 8.29. The smallest absolute Gasteiger partial charge is 0.310 e. The van der Waals surface area contributed by atoms with Gasteiger partial charge in [-0.15, -0.1) is 0 Å². The molecule has 17 heavy (non-hydrogen) atoms. The third-order valence-electron chi connectivity index (χ3n) is 4.53. The molecule has 0 aromatic heterocycles. The molecule has 86 valence electrons. The van der Waals surface area contributed by atoms with Crippen molar-refractivity contribution in [2.24, 2.45) is 17.8 Å². The Kier molecular flexibility index (Phi) is 1.67. The molecule has 2 nitrogen and oxygen atoms in total. The lowest BCUT2D eigenvalue weighted by Gasteiger charge is -2.43. The minimum absolute atomic E-state index is 0.00528. The predicted molar refractivity (Wildman–Crippen MR) is 63.1 cm³/mol. The molecule has 0 N–H and O–H groups in total. The first kappa shape index (κ1) is 9.46. The zero-order chi connectivity index (χ0) is 11.5. The molecule has 0 radical (unpaired) electrons. The average Bonchev–Trinajstić information content (AvgIpc) is 2.60. The number of allylic oxidation sites excluding steroid dienone is 1. The minimum Gasteiger partial charge on any atom is -0.453 e. The first-order valence-electron chi connectivity index (χ1n) is 6.26. The van der Waals surface area contributed by atoms with E-state index >= 15 is 0 Å². The molecule has 2 heteroatoms. The molecule has 1 saturated heterocycles. The van der Waals surface area contributed by atoms with Gasteiger partial charge >= 0.3 is 5.97 Å². The van der Waals surface area contributed by atoms with Gasteiger partial charge in [0.1, 0.15) is 5.60 Å². The normalized spacial score (nSPS) is 41.6. The SMILES string of the molecule is O=C1OC2(c3ccccc3)CC3C=CC2C1C3. The van der Waals surface area contributed by atoms with Crippen LogP contribution in [0.1, 0.15) is 18.4 Å². The molecule has 4 unspecified atom stereocenters. The van der Waals surface area contributed by atoms with Crippen molar-refractivity contribution in [3.05, 3.63) is 48.0 Å². The Labute approximate surface area is 100 Å². The predicted octanol–water partition coefficient (Wildman–Crippen LogP) is 2.65. The van der Waals surface area contributed by atoms with E-state index in [2.05, 4.69) is 24.3 Å². The summed E-state index contributed by atoms with van der Waals surface area (Å²) >= 11 is 0. The van der Waals surface area contributed by atoms with Gasteiger partial charge in [0.25, 0.3) is 0 Å². The number of rotatable bonds is 1. The highest BCUT2D eigenvalue weighted by atomic mass is 16.6. The van der Waals surface area contributed by atoms with Crippen molar-refractivity contribution in [3.63, 3.8) is 0 Å². The van der Waals surface area contributed by atoms with Crippen molar-refractivity contribution in [2.45, 2.75) is 18.4 Å². The quantitative estimate of drug-likeness (QED) is 0.543. The van der Waals surface area contributed by atoms with Crippen LogP contribution in [0.5, 0.6) is 0 Å². The van der Waals surface area contributed by atoms with E-state index in [-0.39, 0.29) is 23.4 Å². The Morgan fingerprint density at radius 3 is 2.76 bits per heavy atom. The zero-order valence-electron chi connectivity index (χ0n) is 9.50. The molecule has 0 amide bonds. The fourth-order valence-electron chi connectivity index (χ4n) is 3.82. The van der Waals surface area contributed by atoms with Crippen LogP contribution in [-0.2, 0) is 15.1 Å². The van der Waals surface area contributed by atoms with E-state index in [9.17, 15) is 4.79 Å². The molecule has 1 aliphatic heterocycles. The summed E-state index contributed by atoms with van der Waals surface area (Å²) in [5.74, 6) is 0.865. The highest BCUT2D eigenvalue weighted by Crippen LogP contribution is 2.58. The van der Waals surface area contributed by atoms with Gasteiger partial charge in [0.15, 0.2) is 0 Å². The lowest BCUT2D eigenvalue weighted by Crippen LogP contribution is -2.42. The maximum absolute atomic E-state index is 12.0. The monoisotopic (exact) mass is 226 g/mol. The maximum atomic E-state index is 12.0. The summed E-state index contributed by atoms with van der Waals surface area (Å²) in [5, 5.41) is 0. The van der Waals surface area contributed by atoms with Gasteiger partial charge in [-0.05, 0) is 24.3 Å². The number of ether oxygens (including phenoxy) is 1. The molecule has 1 saturated carbocycles. The molecular formula is C15H14O2. The summed E-state index contributed by atoms with van der Waals surface area (Å²) in [6, 6.07) is 10.2. The molecule has 4 bridgehead atoms. The van der Waals surface area contributed by atoms with Crippen molar-refractivity contribution < 1.29 is 9.53 Å². The fraction of sp³-hybridized carbons (Fsp3) is 0.400. The van der Waals surface area contributed by atoms with Crippen LogP contribution in [0.3, 0.4) is 0 Å². The van der Waals surface area contributed by atoms with Crippen LogP contribution in [0.2, 0.25) is 0 Å². The van der Waals surface area contributed by atoms with Crippen LogP contribution in [0.25, 0.3) is 0 Å². The Bertz CT molecular complexity index is 505. The van der Waals surface area contributed by atoms with Gasteiger partial charge < -0.3 is 4.74 Å². The second-order valence-electron chi connectivity index (χ2n) is 5.39. The molecule has 3 aliphatic carbocycles. The molecule has 2 fully saturated rings. The Morgan fingerprint density at radius 1 is 1.18 bits per heavy atom. The van der Waals surface area contributed by atoms with Crippen LogP contribution in [0.15, 0.2) is 42.5 Å². The van der Waals surface area contributed by atoms with Crippen LogP contribution >= 0.6 is 0 Å². The van der Waals surface area contributed by atoms with Crippen LogP contribution in [0, 0.1) is 17.8 Å². The van der Waals surface area contributed by atoms with Gasteiger partial charge in [-0.3, -0.25) is 4.79 Å². The lowest BCUT2D eigenvalue weighted by molar-refractivity contribution is -0.151. The van der Waals surface area contributed by atoms with Crippen LogP contribution in [-0.4, -0.2) is 5.97 Å². The number of carbonyl (C=O) groups excluding carboxylic acids is 1. The van der Waals surface area contributed by atoms with Crippen molar-refractivity contribution in [3.8, 4) is 0 Å². The molecule has 1 aromatic rings. The largest absolute Gasteiger partial charge is 0.453 e. The van der Waals surface area contributed by atoms with E-state index in [1.54, 1.807) is 0 Å². The third-order valence-corrected chi connectivity index (χ3v) is 4.53. The standard InChI is InChI=1S/C15H14O2/c16-14-12-8-10-6-7-13(12)15(9-10,17-14)11-4-2-1-3-5-11/h1-7,10,12-13H,8-9H2. The average molecular weight is 226 g/mol. The molecule has 4 atom stereocenters. The number of carbonyl (C=O) groups is 1. The number of hydrogen-bond donors (Lipinski definition) is 0. The molecule has 1 aromatic carbocycles. The fourth-order valence-corrected chi connectivity index (χ4v) is 3.82. The van der Waals surface area contributed by atoms with Crippen molar-refractivity contribution >= 4 is 5.97 Å². The summed E-state index contributed by atoms with van der Waals surface area (Å²) < 4.78 is 5.80. The first-order valence-corrected chi connectivity index (χ1v) is 6.26. The summed E-state index contributed by atoms with van der Waals surface area (Å²) in [7, 11) is 0. The molecule has 0 spiro atoms. The highest BCUT2D eigenvalue weighted by molar-refractivity contribution is 5.78. The Morgan fingerprint density at radius 2 is 2.00 bits per heavy atom. The maximum Gasteiger partial charge on any atom is 0.310 e. The second-order valence-corrected chi connectivity index (χ2v) is 5.39. The van der Waals surface area contributed by atoms with Gasteiger partial charge in [-0.1, -0.05) is 42.5 Å². The van der Waals surface area contributed by atoms with Crippen molar-refractivity contribution in [1.82, 2.24) is 0 Å². The minimum atomic E-state index is -0.360. The number of hydrogen-bond acceptors (Lipinski definition) is 2. The van der Waals surface area contributed by atoms with E-state index in [0.29, 0.717) is 5.92 Å². The van der Waals surface area contributed by atoms with Crippen molar-refractivity contribution in [1.29, 1.82) is 0 Å². The van der Waals surface area contributed by atoms with Gasteiger partial charge in [-0.25, -0.2) is 0 Å². The van der Waals surface area contributed by atoms with Crippen LogP contribution in [0.4, 0.5) is 0 Å². The summed E-state index contributed by atoms with van der Waals surface area (Å²) in [6.07, 6.45) is 6.42. The zero-order valence-corrected chi connectivity index (χ0v) is 9.50. The summed E-state index contributed by atoms with van der Waals surface area (Å²) in [6.45, 7) is 0. The molecular weight excluding hydrogens is 212 g/mol.